The van der Waals surface area contributed by atoms with Gasteiger partial charge in [0.1, 0.15) is 6.61 Å². The van der Waals surface area contributed by atoms with Crippen molar-refractivity contribution in [1.29, 1.82) is 0 Å². The first kappa shape index (κ1) is 11.5. The first-order valence-corrected chi connectivity index (χ1v) is 4.81. The summed E-state index contributed by atoms with van der Waals surface area (Å²) in [6.07, 6.45) is 1.73. The number of carbonyl (C=O) groups excluding carboxylic acids is 1. The van der Waals surface area contributed by atoms with E-state index in [0.29, 0.717) is 0 Å². The molecule has 3 nitrogen and oxygen atoms in total. The van der Waals surface area contributed by atoms with E-state index in [9.17, 15) is 4.79 Å². The lowest BCUT2D eigenvalue weighted by Gasteiger charge is -2.10. The zero-order valence-electron chi connectivity index (χ0n) is 8.56. The van der Waals surface area contributed by atoms with Crippen molar-refractivity contribution in [2.24, 2.45) is 5.73 Å². The molecular weight excluding hydrogens is 190 g/mol. The second kappa shape index (κ2) is 5.98. The number of ether oxygens (including phenoxy) is 1. The molecule has 1 rings (SSSR count). The molecule has 1 unspecified atom stereocenters. The highest BCUT2D eigenvalue weighted by atomic mass is 16.5. The van der Waals surface area contributed by atoms with E-state index in [2.05, 4.69) is 6.58 Å². The largest absolute Gasteiger partial charge is 0.461 e. The summed E-state index contributed by atoms with van der Waals surface area (Å²) >= 11 is 0. The summed E-state index contributed by atoms with van der Waals surface area (Å²) in [6.45, 7) is 3.70. The lowest BCUT2D eigenvalue weighted by Crippen LogP contribution is -2.17. The van der Waals surface area contributed by atoms with E-state index in [1.165, 1.54) is 6.08 Å². The zero-order chi connectivity index (χ0) is 11.1. The van der Waals surface area contributed by atoms with Gasteiger partial charge in [-0.2, -0.15) is 0 Å². The van der Waals surface area contributed by atoms with Crippen LogP contribution in [-0.2, 0) is 9.53 Å². The summed E-state index contributed by atoms with van der Waals surface area (Å²) in [7, 11) is 0. The Morgan fingerprint density at radius 1 is 1.47 bits per heavy atom. The van der Waals surface area contributed by atoms with Gasteiger partial charge in [-0.1, -0.05) is 43.0 Å². The molecule has 2 N–H and O–H groups in total. The average Bonchev–Trinajstić information content (AvgIpc) is 2.27. The van der Waals surface area contributed by atoms with Crippen molar-refractivity contribution in [3.05, 3.63) is 48.6 Å². The summed E-state index contributed by atoms with van der Waals surface area (Å²) in [6, 6.07) is 9.18. The summed E-state index contributed by atoms with van der Waals surface area (Å²) in [5, 5.41) is 0. The Balaban J connectivity index is 2.45. The average molecular weight is 205 g/mol. The fraction of sp³-hybridized carbons (Fsp3) is 0.250. The molecule has 0 saturated heterocycles. The molecular formula is C12H15NO2. The van der Waals surface area contributed by atoms with Crippen molar-refractivity contribution in [3.8, 4) is 0 Å². The molecule has 0 aliphatic heterocycles. The minimum atomic E-state index is -0.302. The second-order valence-corrected chi connectivity index (χ2v) is 3.19. The van der Waals surface area contributed by atoms with E-state index in [1.807, 2.05) is 30.3 Å². The van der Waals surface area contributed by atoms with Crippen LogP contribution < -0.4 is 5.73 Å². The van der Waals surface area contributed by atoms with Gasteiger partial charge in [0.25, 0.3) is 0 Å². The van der Waals surface area contributed by atoms with Crippen molar-refractivity contribution in [3.63, 3.8) is 0 Å². The number of benzene rings is 1. The Morgan fingerprint density at radius 2 is 2.13 bits per heavy atom. The van der Waals surface area contributed by atoms with E-state index in [1.54, 1.807) is 0 Å². The molecule has 0 heterocycles. The van der Waals surface area contributed by atoms with Gasteiger partial charge >= 0.3 is 5.97 Å². The molecule has 0 radical (unpaired) electrons. The van der Waals surface area contributed by atoms with Gasteiger partial charge in [0.2, 0.25) is 0 Å². The number of hydrogen-bond donors (Lipinski definition) is 1. The maximum Gasteiger partial charge on any atom is 0.308 e. The molecule has 0 fully saturated rings. The molecule has 1 atom stereocenters. The molecule has 0 amide bonds. The molecule has 0 aliphatic carbocycles. The maximum atomic E-state index is 11.2. The number of rotatable bonds is 5. The Labute approximate surface area is 89.5 Å². The monoisotopic (exact) mass is 205 g/mol. The van der Waals surface area contributed by atoms with Gasteiger partial charge in [0, 0.05) is 6.04 Å². The van der Waals surface area contributed by atoms with Crippen molar-refractivity contribution in [2.75, 3.05) is 6.61 Å². The molecule has 3 heteroatoms. The van der Waals surface area contributed by atoms with Gasteiger partial charge < -0.3 is 10.5 Å². The highest BCUT2D eigenvalue weighted by Gasteiger charge is 2.11. The third-order valence-corrected chi connectivity index (χ3v) is 1.98. The molecule has 15 heavy (non-hydrogen) atoms. The fourth-order valence-corrected chi connectivity index (χ4v) is 1.21. The van der Waals surface area contributed by atoms with E-state index in [-0.39, 0.29) is 25.0 Å². The fourth-order valence-electron chi connectivity index (χ4n) is 1.21. The number of carbonyl (C=O) groups is 1. The Morgan fingerprint density at radius 3 is 2.73 bits per heavy atom. The lowest BCUT2D eigenvalue weighted by molar-refractivity contribution is -0.142. The Bertz CT molecular complexity index is 322. The third kappa shape index (κ3) is 3.95. The van der Waals surface area contributed by atoms with Gasteiger partial charge in [-0.15, -0.1) is 0 Å². The molecule has 0 aliphatic rings. The smallest absolute Gasteiger partial charge is 0.308 e. The standard InChI is InChI=1S/C12H15NO2/c1-2-8-15-12(14)9-11(13)10-6-4-3-5-7-10/h2-7,11H,1,8-9,13H2. The summed E-state index contributed by atoms with van der Waals surface area (Å²) in [4.78, 5) is 11.2. The predicted molar refractivity (Wildman–Crippen MR) is 59.1 cm³/mol. The van der Waals surface area contributed by atoms with Crippen LogP contribution in [0, 0.1) is 0 Å². The van der Waals surface area contributed by atoms with Crippen LogP contribution in [0.3, 0.4) is 0 Å². The quantitative estimate of drug-likeness (QED) is 0.589. The van der Waals surface area contributed by atoms with Crippen LogP contribution in [0.2, 0.25) is 0 Å². The van der Waals surface area contributed by atoms with Crippen LogP contribution in [0.1, 0.15) is 18.0 Å². The van der Waals surface area contributed by atoms with E-state index < -0.39 is 0 Å². The van der Waals surface area contributed by atoms with E-state index in [4.69, 9.17) is 10.5 Å². The van der Waals surface area contributed by atoms with Crippen molar-refractivity contribution in [2.45, 2.75) is 12.5 Å². The lowest BCUT2D eigenvalue weighted by atomic mass is 10.1. The summed E-state index contributed by atoms with van der Waals surface area (Å²) in [5.74, 6) is -0.300. The van der Waals surface area contributed by atoms with E-state index >= 15 is 0 Å². The van der Waals surface area contributed by atoms with Crippen LogP contribution in [-0.4, -0.2) is 12.6 Å². The van der Waals surface area contributed by atoms with E-state index in [0.717, 1.165) is 5.56 Å². The molecule has 0 aromatic heterocycles. The SMILES string of the molecule is C=CCOC(=O)CC(N)c1ccccc1. The molecule has 1 aromatic rings. The summed E-state index contributed by atoms with van der Waals surface area (Å²) in [5.41, 5.74) is 6.78. The Kier molecular flexibility index (Phi) is 4.57. The number of hydrogen-bond acceptors (Lipinski definition) is 3. The van der Waals surface area contributed by atoms with Crippen LogP contribution >= 0.6 is 0 Å². The zero-order valence-corrected chi connectivity index (χ0v) is 8.56. The van der Waals surface area contributed by atoms with Crippen LogP contribution in [0.4, 0.5) is 0 Å². The minimum absolute atomic E-state index is 0.192. The second-order valence-electron chi connectivity index (χ2n) is 3.19. The van der Waals surface area contributed by atoms with Crippen molar-refractivity contribution < 1.29 is 9.53 Å². The van der Waals surface area contributed by atoms with Gasteiger partial charge in [-0.05, 0) is 5.56 Å². The highest BCUT2D eigenvalue weighted by molar-refractivity contribution is 5.70. The highest BCUT2D eigenvalue weighted by Crippen LogP contribution is 2.13. The Hall–Kier alpha value is -1.61. The maximum absolute atomic E-state index is 11.2. The first-order valence-electron chi connectivity index (χ1n) is 4.81. The number of nitrogens with two attached hydrogens (primary N) is 1. The normalized spacial score (nSPS) is 11.8. The third-order valence-electron chi connectivity index (χ3n) is 1.98. The van der Waals surface area contributed by atoms with Crippen LogP contribution in [0.25, 0.3) is 0 Å². The first-order chi connectivity index (χ1) is 7.24. The minimum Gasteiger partial charge on any atom is -0.461 e. The van der Waals surface area contributed by atoms with Gasteiger partial charge in [-0.3, -0.25) is 4.79 Å². The predicted octanol–water partition coefficient (Wildman–Crippen LogP) is 1.81. The molecule has 0 bridgehead atoms. The van der Waals surface area contributed by atoms with Crippen LogP contribution in [0.5, 0.6) is 0 Å². The molecule has 1 aromatic carbocycles. The number of esters is 1. The molecule has 80 valence electrons. The summed E-state index contributed by atoms with van der Waals surface area (Å²) < 4.78 is 4.85. The van der Waals surface area contributed by atoms with Crippen LogP contribution in [0.15, 0.2) is 43.0 Å². The molecule has 0 saturated carbocycles. The topological polar surface area (TPSA) is 52.3 Å². The van der Waals surface area contributed by atoms with Gasteiger partial charge in [-0.25, -0.2) is 0 Å². The van der Waals surface area contributed by atoms with Gasteiger partial charge in [0.05, 0.1) is 6.42 Å². The molecule has 0 spiro atoms. The van der Waals surface area contributed by atoms with Crippen molar-refractivity contribution >= 4 is 5.97 Å². The van der Waals surface area contributed by atoms with Gasteiger partial charge in [0.15, 0.2) is 0 Å². The van der Waals surface area contributed by atoms with Crippen molar-refractivity contribution in [1.82, 2.24) is 0 Å².